The number of rotatable bonds is 6. The summed E-state index contributed by atoms with van der Waals surface area (Å²) in [6, 6.07) is 5.21. The second kappa shape index (κ2) is 6.26. The molecule has 0 atom stereocenters. The molecule has 9 heteroatoms. The minimum absolute atomic E-state index is 0.00822. The molecule has 0 saturated carbocycles. The molecular weight excluding hydrogens is 300 g/mol. The fourth-order valence-electron chi connectivity index (χ4n) is 2.07. The van der Waals surface area contributed by atoms with Gasteiger partial charge in [0.1, 0.15) is 17.8 Å². The van der Waals surface area contributed by atoms with Gasteiger partial charge in [-0.2, -0.15) is 5.10 Å². The first kappa shape index (κ1) is 14.7. The Morgan fingerprint density at radius 1 is 1.48 bits per heavy atom. The van der Waals surface area contributed by atoms with Gasteiger partial charge < -0.3 is 9.73 Å². The van der Waals surface area contributed by atoms with Crippen LogP contribution in [0.4, 0.5) is 11.5 Å². The zero-order valence-corrected chi connectivity index (χ0v) is 12.3. The molecule has 0 amide bonds. The number of aryl methyl sites for hydroxylation is 1. The lowest BCUT2D eigenvalue weighted by atomic mass is 10.2. The Labute approximate surface area is 130 Å². The third-order valence-corrected chi connectivity index (χ3v) is 3.22. The van der Waals surface area contributed by atoms with Crippen LogP contribution in [0.3, 0.4) is 0 Å². The molecule has 0 spiro atoms. The highest BCUT2D eigenvalue weighted by Gasteiger charge is 2.11. The monoisotopic (exact) mass is 314 g/mol. The van der Waals surface area contributed by atoms with Crippen molar-refractivity contribution in [1.82, 2.24) is 20.2 Å². The molecule has 0 aromatic carbocycles. The van der Waals surface area contributed by atoms with Crippen LogP contribution in [0.1, 0.15) is 11.4 Å². The predicted molar refractivity (Wildman–Crippen MR) is 81.9 cm³/mol. The van der Waals surface area contributed by atoms with Crippen LogP contribution in [0.25, 0.3) is 11.6 Å². The smallest absolute Gasteiger partial charge is 0.290 e. The molecule has 0 aliphatic rings. The largest absolute Gasteiger partial charge is 0.461 e. The molecule has 3 rings (SSSR count). The summed E-state index contributed by atoms with van der Waals surface area (Å²) < 4.78 is 5.22. The van der Waals surface area contributed by atoms with Crippen LogP contribution in [0.15, 0.2) is 35.1 Å². The normalized spacial score (nSPS) is 10.7. The lowest BCUT2D eigenvalue weighted by Crippen LogP contribution is -2.08. The van der Waals surface area contributed by atoms with Crippen molar-refractivity contribution in [2.45, 2.75) is 13.3 Å². The quantitative estimate of drug-likeness (QED) is 0.528. The second-order valence-corrected chi connectivity index (χ2v) is 4.87. The Balaban J connectivity index is 1.57. The summed E-state index contributed by atoms with van der Waals surface area (Å²) in [6.07, 6.45) is 3.42. The molecule has 118 valence electrons. The number of nitrogens with zero attached hydrogens (tertiary/aromatic N) is 4. The Kier molecular flexibility index (Phi) is 4.00. The third kappa shape index (κ3) is 3.34. The molecule has 0 aliphatic heterocycles. The van der Waals surface area contributed by atoms with Crippen LogP contribution < -0.4 is 5.32 Å². The van der Waals surface area contributed by atoms with E-state index in [0.29, 0.717) is 41.8 Å². The van der Waals surface area contributed by atoms with E-state index >= 15 is 0 Å². The molecule has 0 unspecified atom stereocenters. The topological polar surface area (TPSA) is 123 Å². The lowest BCUT2D eigenvalue weighted by molar-refractivity contribution is -0.385. The van der Waals surface area contributed by atoms with E-state index in [1.807, 2.05) is 0 Å². The van der Waals surface area contributed by atoms with Crippen molar-refractivity contribution in [2.24, 2.45) is 0 Å². The van der Waals surface area contributed by atoms with Crippen molar-refractivity contribution >= 4 is 11.5 Å². The lowest BCUT2D eigenvalue weighted by Gasteiger charge is -2.05. The number of pyridine rings is 1. The van der Waals surface area contributed by atoms with Crippen molar-refractivity contribution in [3.05, 3.63) is 52.2 Å². The van der Waals surface area contributed by atoms with Gasteiger partial charge in [-0.05, 0) is 25.1 Å². The summed E-state index contributed by atoms with van der Waals surface area (Å²) in [5.41, 5.74) is 0.571. The van der Waals surface area contributed by atoms with Gasteiger partial charge in [0.05, 0.1) is 11.2 Å². The van der Waals surface area contributed by atoms with E-state index in [1.54, 1.807) is 31.4 Å². The summed E-state index contributed by atoms with van der Waals surface area (Å²) in [7, 11) is 0. The first-order valence-corrected chi connectivity index (χ1v) is 6.93. The van der Waals surface area contributed by atoms with E-state index in [4.69, 9.17) is 4.42 Å². The minimum atomic E-state index is -0.448. The number of aromatic amines is 1. The van der Waals surface area contributed by atoms with Crippen LogP contribution in [-0.4, -0.2) is 31.6 Å². The van der Waals surface area contributed by atoms with Crippen molar-refractivity contribution in [2.75, 3.05) is 11.9 Å². The fraction of sp³-hybridized carbons (Fsp3) is 0.214. The highest BCUT2D eigenvalue weighted by atomic mass is 16.6. The van der Waals surface area contributed by atoms with Crippen molar-refractivity contribution in [1.29, 1.82) is 0 Å². The van der Waals surface area contributed by atoms with Gasteiger partial charge in [0.15, 0.2) is 5.76 Å². The number of aromatic nitrogens is 4. The number of nitrogens with one attached hydrogen (secondary N) is 2. The van der Waals surface area contributed by atoms with Crippen LogP contribution in [0.5, 0.6) is 0 Å². The van der Waals surface area contributed by atoms with E-state index in [9.17, 15) is 10.1 Å². The minimum Gasteiger partial charge on any atom is -0.461 e. The number of H-pyrrole nitrogens is 1. The average molecular weight is 314 g/mol. The number of anilines is 1. The molecule has 3 heterocycles. The second-order valence-electron chi connectivity index (χ2n) is 4.87. The van der Waals surface area contributed by atoms with Gasteiger partial charge in [0.25, 0.3) is 5.69 Å². The van der Waals surface area contributed by atoms with Gasteiger partial charge in [-0.1, -0.05) is 0 Å². The maximum atomic E-state index is 10.8. The van der Waals surface area contributed by atoms with Gasteiger partial charge in [-0.3, -0.25) is 15.2 Å². The molecule has 23 heavy (non-hydrogen) atoms. The Hall–Kier alpha value is -3.23. The van der Waals surface area contributed by atoms with Crippen LogP contribution >= 0.6 is 0 Å². The van der Waals surface area contributed by atoms with Gasteiger partial charge in [0.2, 0.25) is 5.82 Å². The molecule has 0 fully saturated rings. The Bertz CT molecular complexity index is 812. The summed E-state index contributed by atoms with van der Waals surface area (Å²) in [4.78, 5) is 18.7. The average Bonchev–Trinajstić information content (AvgIpc) is 3.18. The standard InChI is InChI=1S/C14H14N6O3/c1-9-7-13(16-8-10(9)20(21)22)15-5-4-12-17-14(19-18-12)11-3-2-6-23-11/h2-3,6-8H,4-5H2,1H3,(H,15,16)(H,17,18,19). The summed E-state index contributed by atoms with van der Waals surface area (Å²) >= 11 is 0. The molecular formula is C14H14N6O3. The zero-order valence-electron chi connectivity index (χ0n) is 12.3. The van der Waals surface area contributed by atoms with Gasteiger partial charge in [-0.25, -0.2) is 9.97 Å². The number of furan rings is 1. The molecule has 0 aliphatic carbocycles. The number of nitro groups is 1. The van der Waals surface area contributed by atoms with E-state index in [-0.39, 0.29) is 5.69 Å². The van der Waals surface area contributed by atoms with Gasteiger partial charge in [-0.15, -0.1) is 0 Å². The summed E-state index contributed by atoms with van der Waals surface area (Å²) in [5.74, 6) is 2.41. The van der Waals surface area contributed by atoms with Crippen LogP contribution in [0, 0.1) is 17.0 Å². The van der Waals surface area contributed by atoms with E-state index in [0.717, 1.165) is 0 Å². The predicted octanol–water partition coefficient (Wildman–Crippen LogP) is 2.33. The molecule has 0 bridgehead atoms. The molecule has 0 radical (unpaired) electrons. The number of hydrogen-bond donors (Lipinski definition) is 2. The Morgan fingerprint density at radius 3 is 3.04 bits per heavy atom. The van der Waals surface area contributed by atoms with Crippen molar-refractivity contribution in [3.8, 4) is 11.6 Å². The highest BCUT2D eigenvalue weighted by molar-refractivity contribution is 5.47. The fourth-order valence-corrected chi connectivity index (χ4v) is 2.07. The van der Waals surface area contributed by atoms with Gasteiger partial charge in [0, 0.05) is 18.5 Å². The number of hydrogen-bond acceptors (Lipinski definition) is 7. The SMILES string of the molecule is Cc1cc(NCCc2nc(-c3ccco3)n[nH]2)ncc1[N+](=O)[O-]. The van der Waals surface area contributed by atoms with Crippen LogP contribution in [0.2, 0.25) is 0 Å². The maximum Gasteiger partial charge on any atom is 0.290 e. The van der Waals surface area contributed by atoms with Gasteiger partial charge >= 0.3 is 0 Å². The van der Waals surface area contributed by atoms with Crippen LogP contribution in [-0.2, 0) is 6.42 Å². The molecule has 0 saturated heterocycles. The van der Waals surface area contributed by atoms with Crippen molar-refractivity contribution < 1.29 is 9.34 Å². The molecule has 9 nitrogen and oxygen atoms in total. The molecule has 2 N–H and O–H groups in total. The van der Waals surface area contributed by atoms with E-state index in [1.165, 1.54) is 6.20 Å². The van der Waals surface area contributed by atoms with Crippen molar-refractivity contribution in [3.63, 3.8) is 0 Å². The maximum absolute atomic E-state index is 10.8. The van der Waals surface area contributed by atoms with E-state index in [2.05, 4.69) is 25.5 Å². The summed E-state index contributed by atoms with van der Waals surface area (Å²) in [5, 5.41) is 20.8. The first-order valence-electron chi connectivity index (χ1n) is 6.93. The zero-order chi connectivity index (χ0) is 16.2. The Morgan fingerprint density at radius 2 is 2.35 bits per heavy atom. The van der Waals surface area contributed by atoms with E-state index < -0.39 is 4.92 Å². The molecule has 3 aromatic heterocycles. The summed E-state index contributed by atoms with van der Waals surface area (Å²) in [6.45, 7) is 2.24. The highest BCUT2D eigenvalue weighted by Crippen LogP contribution is 2.19. The first-order chi connectivity index (χ1) is 11.1. The third-order valence-electron chi connectivity index (χ3n) is 3.22. The molecule has 3 aromatic rings.